The van der Waals surface area contributed by atoms with Gasteiger partial charge in [0, 0.05) is 29.9 Å². The van der Waals surface area contributed by atoms with Crippen molar-refractivity contribution in [1.82, 2.24) is 4.48 Å². The standard InChI is InChI=1S/C15H22N2O.ClH/c1-11-5-4-6-12(2)14(11)17(3)9-7-13(8-10-17)15(16)18;/h4-6,13H,7-10H2,1-3H3,(H-,16,18);1H/p+1. The van der Waals surface area contributed by atoms with Gasteiger partial charge in [-0.05, 0) is 13.8 Å². The van der Waals surface area contributed by atoms with Gasteiger partial charge in [0.25, 0.3) is 0 Å². The van der Waals surface area contributed by atoms with Gasteiger partial charge in [-0.1, -0.05) is 18.2 Å². The van der Waals surface area contributed by atoms with Crippen molar-refractivity contribution in [3.05, 3.63) is 29.3 Å². The van der Waals surface area contributed by atoms with Crippen LogP contribution in [0.3, 0.4) is 0 Å². The first-order valence-corrected chi connectivity index (χ1v) is 6.65. The van der Waals surface area contributed by atoms with E-state index in [1.807, 2.05) is 0 Å². The second-order valence-corrected chi connectivity index (χ2v) is 5.76. The molecular weight excluding hydrogens is 260 g/mol. The second kappa shape index (κ2) is 5.93. The van der Waals surface area contributed by atoms with Gasteiger partial charge in [-0.2, -0.15) is 0 Å². The molecule has 2 N–H and O–H groups in total. The lowest BCUT2D eigenvalue weighted by atomic mass is 9.92. The van der Waals surface area contributed by atoms with Crippen molar-refractivity contribution in [3.8, 4) is 0 Å². The first kappa shape index (κ1) is 16.0. The fraction of sp³-hybridized carbons (Fsp3) is 0.533. The van der Waals surface area contributed by atoms with Crippen molar-refractivity contribution in [2.75, 3.05) is 20.1 Å². The number of quaternary nitrogens is 1. The van der Waals surface area contributed by atoms with Gasteiger partial charge >= 0.3 is 0 Å². The Morgan fingerprint density at radius 2 is 1.68 bits per heavy atom. The number of amides is 1. The van der Waals surface area contributed by atoms with Crippen molar-refractivity contribution in [2.24, 2.45) is 11.7 Å². The number of halogens is 1. The number of nitrogens with two attached hydrogens (primary N) is 1. The first-order chi connectivity index (χ1) is 8.44. The topological polar surface area (TPSA) is 43.1 Å². The highest BCUT2D eigenvalue weighted by molar-refractivity contribution is 5.85. The highest BCUT2D eigenvalue weighted by atomic mass is 35.5. The van der Waals surface area contributed by atoms with Crippen LogP contribution in [-0.2, 0) is 4.79 Å². The van der Waals surface area contributed by atoms with Gasteiger partial charge in [0.15, 0.2) is 0 Å². The summed E-state index contributed by atoms with van der Waals surface area (Å²) >= 11 is 0. The molecule has 0 aromatic heterocycles. The number of piperidine rings is 1. The number of benzene rings is 1. The van der Waals surface area contributed by atoms with Crippen LogP contribution in [0.5, 0.6) is 0 Å². The largest absolute Gasteiger partial charge is 0.369 e. The lowest BCUT2D eigenvalue weighted by molar-refractivity contribution is -0.123. The Bertz CT molecular complexity index is 445. The lowest BCUT2D eigenvalue weighted by Gasteiger charge is -2.41. The molecule has 0 aliphatic carbocycles. The van der Waals surface area contributed by atoms with Crippen molar-refractivity contribution >= 4 is 24.0 Å². The summed E-state index contributed by atoms with van der Waals surface area (Å²) in [4.78, 5) is 11.3. The molecule has 1 amide bonds. The van der Waals surface area contributed by atoms with Crippen LogP contribution in [0.25, 0.3) is 0 Å². The Kier molecular flexibility index (Phi) is 4.99. The Morgan fingerprint density at radius 3 is 2.11 bits per heavy atom. The van der Waals surface area contributed by atoms with E-state index >= 15 is 0 Å². The molecule has 1 heterocycles. The number of carbonyl (C=O) groups excluding carboxylic acids is 1. The number of likely N-dealkylation sites (tertiary alicyclic amines) is 1. The van der Waals surface area contributed by atoms with Crippen molar-refractivity contribution in [2.45, 2.75) is 26.7 Å². The molecule has 1 aliphatic heterocycles. The maximum Gasteiger partial charge on any atom is 0.220 e. The third-order valence-electron chi connectivity index (χ3n) is 4.32. The van der Waals surface area contributed by atoms with Crippen molar-refractivity contribution < 1.29 is 4.79 Å². The number of aryl methyl sites for hydroxylation is 2. The van der Waals surface area contributed by atoms with Gasteiger partial charge in [0.05, 0.1) is 20.1 Å². The average molecular weight is 284 g/mol. The maximum absolute atomic E-state index is 11.3. The quantitative estimate of drug-likeness (QED) is 0.833. The summed E-state index contributed by atoms with van der Waals surface area (Å²) in [6.07, 6.45) is 1.80. The molecule has 0 unspecified atom stereocenters. The maximum atomic E-state index is 11.3. The van der Waals surface area contributed by atoms with E-state index in [1.54, 1.807) is 0 Å². The van der Waals surface area contributed by atoms with Gasteiger partial charge in [0.2, 0.25) is 5.91 Å². The Morgan fingerprint density at radius 1 is 1.21 bits per heavy atom. The van der Waals surface area contributed by atoms with Gasteiger partial charge in [-0.15, -0.1) is 12.4 Å². The van der Waals surface area contributed by atoms with E-state index in [4.69, 9.17) is 5.73 Å². The highest BCUT2D eigenvalue weighted by Crippen LogP contribution is 2.34. The molecule has 1 aliphatic rings. The summed E-state index contributed by atoms with van der Waals surface area (Å²) in [5, 5.41) is 0. The fourth-order valence-corrected chi connectivity index (χ4v) is 3.30. The monoisotopic (exact) mass is 283 g/mol. The van der Waals surface area contributed by atoms with E-state index in [2.05, 4.69) is 39.1 Å². The molecule has 2 rings (SSSR count). The highest BCUT2D eigenvalue weighted by Gasteiger charge is 2.35. The molecule has 0 bridgehead atoms. The number of primary amides is 1. The van der Waals surface area contributed by atoms with E-state index in [-0.39, 0.29) is 24.2 Å². The molecule has 4 heteroatoms. The Labute approximate surface area is 121 Å². The number of hydrogen-bond donors (Lipinski definition) is 1. The van der Waals surface area contributed by atoms with Crippen molar-refractivity contribution in [1.29, 1.82) is 0 Å². The number of para-hydroxylation sites is 1. The molecule has 1 saturated heterocycles. The van der Waals surface area contributed by atoms with Crippen LogP contribution in [0.4, 0.5) is 5.69 Å². The Hall–Kier alpha value is -1.06. The normalized spacial score (nSPS) is 26.6. The third-order valence-corrected chi connectivity index (χ3v) is 4.32. The molecule has 1 aromatic carbocycles. The minimum absolute atomic E-state index is 0. The number of carbonyl (C=O) groups is 1. The van der Waals surface area contributed by atoms with E-state index in [0.717, 1.165) is 30.4 Å². The van der Waals surface area contributed by atoms with Crippen LogP contribution >= 0.6 is 12.4 Å². The molecule has 19 heavy (non-hydrogen) atoms. The van der Waals surface area contributed by atoms with Gasteiger partial charge in [-0.25, -0.2) is 0 Å². The first-order valence-electron chi connectivity index (χ1n) is 6.65. The van der Waals surface area contributed by atoms with E-state index in [0.29, 0.717) is 0 Å². The SMILES string of the molecule is Cc1cccc(C)c1[N+]1(C)CCC(C(N)=O)CC1.Cl. The van der Waals surface area contributed by atoms with Crippen LogP contribution in [0.2, 0.25) is 0 Å². The minimum Gasteiger partial charge on any atom is -0.369 e. The minimum atomic E-state index is -0.136. The predicted molar refractivity (Wildman–Crippen MR) is 82.5 cm³/mol. The summed E-state index contributed by atoms with van der Waals surface area (Å²) in [5.74, 6) is -0.0664. The van der Waals surface area contributed by atoms with Crippen molar-refractivity contribution in [3.63, 3.8) is 0 Å². The fourth-order valence-electron chi connectivity index (χ4n) is 3.30. The lowest BCUT2D eigenvalue weighted by Crippen LogP contribution is -2.53. The van der Waals surface area contributed by atoms with E-state index in [9.17, 15) is 4.79 Å². The molecule has 3 nitrogen and oxygen atoms in total. The summed E-state index contributed by atoms with van der Waals surface area (Å²) in [7, 11) is 2.27. The van der Waals surface area contributed by atoms with E-state index < -0.39 is 0 Å². The van der Waals surface area contributed by atoms with Gasteiger partial charge < -0.3 is 5.73 Å². The van der Waals surface area contributed by atoms with Gasteiger partial charge in [-0.3, -0.25) is 9.28 Å². The number of hydrogen-bond acceptors (Lipinski definition) is 1. The zero-order valence-corrected chi connectivity index (χ0v) is 12.8. The number of nitrogens with zero attached hydrogens (tertiary/aromatic N) is 1. The molecule has 106 valence electrons. The second-order valence-electron chi connectivity index (χ2n) is 5.76. The average Bonchev–Trinajstić information content (AvgIpc) is 2.29. The van der Waals surface area contributed by atoms with Crippen LogP contribution in [-0.4, -0.2) is 26.0 Å². The summed E-state index contributed by atoms with van der Waals surface area (Å²) in [5.41, 5.74) is 9.51. The van der Waals surface area contributed by atoms with E-state index in [1.165, 1.54) is 16.8 Å². The van der Waals surface area contributed by atoms with Crippen LogP contribution < -0.4 is 10.2 Å². The molecule has 0 radical (unpaired) electrons. The van der Waals surface area contributed by atoms with Crippen LogP contribution in [0.1, 0.15) is 24.0 Å². The molecule has 0 saturated carbocycles. The van der Waals surface area contributed by atoms with Gasteiger partial charge in [0.1, 0.15) is 5.69 Å². The molecule has 1 fully saturated rings. The predicted octanol–water partition coefficient (Wildman–Crippen LogP) is 2.56. The summed E-state index contributed by atoms with van der Waals surface area (Å²) in [6, 6.07) is 6.45. The zero-order chi connectivity index (χ0) is 13.3. The summed E-state index contributed by atoms with van der Waals surface area (Å²) in [6.45, 7) is 6.34. The van der Waals surface area contributed by atoms with Crippen LogP contribution in [0, 0.1) is 19.8 Å². The van der Waals surface area contributed by atoms with Crippen LogP contribution in [0.15, 0.2) is 18.2 Å². The molecule has 0 atom stereocenters. The molecule has 0 spiro atoms. The zero-order valence-electron chi connectivity index (χ0n) is 12.0. The number of rotatable bonds is 2. The molecular formula is C15H24ClN2O+. The summed E-state index contributed by atoms with van der Waals surface area (Å²) < 4.78 is 0.933. The smallest absolute Gasteiger partial charge is 0.220 e. The molecule has 1 aromatic rings. The third kappa shape index (κ3) is 3.10. The Balaban J connectivity index is 0.00000180.